The van der Waals surface area contributed by atoms with Gasteiger partial charge in [0.05, 0.1) is 6.61 Å². The maximum atomic E-state index is 12.6. The summed E-state index contributed by atoms with van der Waals surface area (Å²) in [5, 5.41) is 2.59. The highest BCUT2D eigenvalue weighted by atomic mass is 16.5. The molecule has 0 aromatic carbocycles. The van der Waals surface area contributed by atoms with Gasteiger partial charge in [-0.2, -0.15) is 0 Å². The quantitative estimate of drug-likeness (QED) is 0.456. The SMILES string of the molecule is CNC(=O)OC[C@]1(C)CC[C@]2(C)CC[C@]3(C)C4=CC=C5C(=CC(=O)C(=O)C5C)[C@]4(C)CC[C@@]3(C)[C@@H]2C1. The van der Waals surface area contributed by atoms with Crippen LogP contribution in [0.1, 0.15) is 86.5 Å². The fraction of sp³-hybridized carbons (Fsp3) is 0.710. The predicted octanol–water partition coefficient (Wildman–Crippen LogP) is 6.34. The number of hydrogen-bond acceptors (Lipinski definition) is 4. The van der Waals surface area contributed by atoms with Crippen LogP contribution in [0.3, 0.4) is 0 Å². The van der Waals surface area contributed by atoms with Crippen LogP contribution < -0.4 is 5.32 Å². The summed E-state index contributed by atoms with van der Waals surface area (Å²) in [7, 11) is 1.61. The van der Waals surface area contributed by atoms with Crippen LogP contribution in [0.15, 0.2) is 34.9 Å². The minimum atomic E-state index is -0.359. The maximum absolute atomic E-state index is 12.6. The van der Waals surface area contributed by atoms with Crippen LogP contribution in [0.25, 0.3) is 0 Å². The summed E-state index contributed by atoms with van der Waals surface area (Å²) in [4.78, 5) is 36.9. The Bertz CT molecular complexity index is 1130. The molecule has 7 atom stereocenters. The van der Waals surface area contributed by atoms with Gasteiger partial charge in [0.2, 0.25) is 11.6 Å². The van der Waals surface area contributed by atoms with Gasteiger partial charge in [-0.1, -0.05) is 59.3 Å². The third-order valence-corrected chi connectivity index (χ3v) is 11.9. The van der Waals surface area contributed by atoms with Gasteiger partial charge in [0.25, 0.3) is 0 Å². The van der Waals surface area contributed by atoms with Crippen molar-refractivity contribution in [3.8, 4) is 0 Å². The fourth-order valence-corrected chi connectivity index (χ4v) is 9.10. The highest BCUT2D eigenvalue weighted by molar-refractivity contribution is 6.44. The van der Waals surface area contributed by atoms with Crippen molar-refractivity contribution in [3.63, 3.8) is 0 Å². The summed E-state index contributed by atoms with van der Waals surface area (Å²) in [5.41, 5.74) is 3.72. The molecule has 0 spiro atoms. The van der Waals surface area contributed by atoms with Crippen molar-refractivity contribution >= 4 is 17.7 Å². The predicted molar refractivity (Wildman–Crippen MR) is 140 cm³/mol. The molecule has 5 aliphatic carbocycles. The molecule has 5 rings (SSSR count). The number of carbonyl (C=O) groups excluding carboxylic acids is 3. The zero-order chi connectivity index (χ0) is 26.3. The van der Waals surface area contributed by atoms with Gasteiger partial charge in [-0.3, -0.25) is 9.59 Å². The van der Waals surface area contributed by atoms with E-state index in [1.54, 1.807) is 13.1 Å². The van der Waals surface area contributed by atoms with E-state index in [4.69, 9.17) is 4.74 Å². The van der Waals surface area contributed by atoms with Crippen molar-refractivity contribution in [1.29, 1.82) is 0 Å². The molecule has 3 fully saturated rings. The van der Waals surface area contributed by atoms with Crippen molar-refractivity contribution in [1.82, 2.24) is 5.32 Å². The van der Waals surface area contributed by atoms with Crippen LogP contribution in [0.2, 0.25) is 0 Å². The van der Waals surface area contributed by atoms with Crippen LogP contribution in [-0.4, -0.2) is 31.3 Å². The molecule has 1 N–H and O–H groups in total. The molecule has 0 aromatic heterocycles. The van der Waals surface area contributed by atoms with Crippen molar-refractivity contribution in [2.75, 3.05) is 13.7 Å². The van der Waals surface area contributed by atoms with Gasteiger partial charge in [0.1, 0.15) is 0 Å². The smallest absolute Gasteiger partial charge is 0.406 e. The summed E-state index contributed by atoms with van der Waals surface area (Å²) < 4.78 is 5.59. The number of alkyl carbamates (subject to hydrolysis) is 1. The Morgan fingerprint density at radius 1 is 1.00 bits per heavy atom. The zero-order valence-electron chi connectivity index (χ0n) is 23.2. The highest BCUT2D eigenvalue weighted by Gasteiger charge is 2.66. The van der Waals surface area contributed by atoms with Gasteiger partial charge < -0.3 is 10.1 Å². The van der Waals surface area contributed by atoms with Crippen molar-refractivity contribution in [3.05, 3.63) is 34.9 Å². The van der Waals surface area contributed by atoms with Crippen molar-refractivity contribution in [2.24, 2.45) is 38.9 Å². The van der Waals surface area contributed by atoms with Gasteiger partial charge in [-0.25, -0.2) is 4.79 Å². The molecule has 5 heteroatoms. The van der Waals surface area contributed by atoms with E-state index in [9.17, 15) is 14.4 Å². The maximum Gasteiger partial charge on any atom is 0.406 e. The van der Waals surface area contributed by atoms with Crippen molar-refractivity contribution in [2.45, 2.75) is 86.5 Å². The van der Waals surface area contributed by atoms with Crippen molar-refractivity contribution < 1.29 is 19.1 Å². The van der Waals surface area contributed by atoms with E-state index < -0.39 is 0 Å². The molecule has 3 saturated carbocycles. The molecule has 0 heterocycles. The molecule has 0 radical (unpaired) electrons. The number of allylic oxidation sites excluding steroid dienone is 6. The topological polar surface area (TPSA) is 72.5 Å². The lowest BCUT2D eigenvalue weighted by Crippen LogP contribution is -2.62. The largest absolute Gasteiger partial charge is 0.449 e. The van der Waals surface area contributed by atoms with Crippen LogP contribution in [-0.2, 0) is 14.3 Å². The molecule has 0 aromatic rings. The molecule has 5 nitrogen and oxygen atoms in total. The van der Waals surface area contributed by atoms with Crippen LogP contribution in [0, 0.1) is 38.9 Å². The number of hydrogen-bond donors (Lipinski definition) is 1. The van der Waals surface area contributed by atoms with Gasteiger partial charge in [0.15, 0.2) is 0 Å². The summed E-state index contributed by atoms with van der Waals surface area (Å²) in [6.07, 6.45) is 13.5. The Kier molecular flexibility index (Phi) is 5.60. The van der Waals surface area contributed by atoms with Crippen LogP contribution in [0.5, 0.6) is 0 Å². The second-order valence-corrected chi connectivity index (χ2v) is 13.8. The number of fused-ring (bicyclic) bond motifs is 7. The monoisotopic (exact) mass is 493 g/mol. The Morgan fingerprint density at radius 3 is 2.39 bits per heavy atom. The second kappa shape index (κ2) is 7.91. The lowest BCUT2D eigenvalue weighted by Gasteiger charge is -2.70. The Labute approximate surface area is 216 Å². The third kappa shape index (κ3) is 3.29. The lowest BCUT2D eigenvalue weighted by molar-refractivity contribution is -0.166. The van der Waals surface area contributed by atoms with E-state index >= 15 is 0 Å². The molecule has 196 valence electrons. The van der Waals surface area contributed by atoms with E-state index in [2.05, 4.69) is 52.1 Å². The van der Waals surface area contributed by atoms with E-state index in [0.717, 1.165) is 49.7 Å². The van der Waals surface area contributed by atoms with E-state index in [1.165, 1.54) is 12.0 Å². The average Bonchev–Trinajstić information content (AvgIpc) is 2.84. The molecular formula is C31H43NO4. The normalized spacial score (nSPS) is 45.7. The summed E-state index contributed by atoms with van der Waals surface area (Å²) in [6, 6.07) is 0. The Balaban J connectivity index is 1.54. The molecule has 0 bridgehead atoms. The third-order valence-electron chi connectivity index (χ3n) is 11.9. The molecule has 36 heavy (non-hydrogen) atoms. The molecule has 1 amide bonds. The average molecular weight is 494 g/mol. The second-order valence-electron chi connectivity index (χ2n) is 13.8. The first kappa shape index (κ1) is 25.5. The minimum absolute atomic E-state index is 0.000684. The fourth-order valence-electron chi connectivity index (χ4n) is 9.10. The number of amides is 1. The summed E-state index contributed by atoms with van der Waals surface area (Å²) in [6.45, 7) is 14.4. The zero-order valence-corrected chi connectivity index (χ0v) is 23.2. The number of Topliss-reactive ketones (excluding diaryl/α,β-unsaturated/α-hetero) is 1. The summed E-state index contributed by atoms with van der Waals surface area (Å²) >= 11 is 0. The number of carbonyl (C=O) groups is 3. The number of ether oxygens (including phenoxy) is 1. The number of nitrogens with one attached hydrogen (secondary N) is 1. The van der Waals surface area contributed by atoms with E-state index in [0.29, 0.717) is 12.5 Å². The number of rotatable bonds is 2. The molecule has 1 unspecified atom stereocenters. The first-order chi connectivity index (χ1) is 16.7. The standard InChI is InChI=1S/C31H43NO4/c1-19-20-8-9-23-29(4,21(20)16-22(33)25(19)34)13-15-31(6)24-17-27(2,18-36-26(35)32-7)10-11-28(24,3)12-14-30(23,31)5/h8-9,16,19,24H,10-15,17-18H2,1-7H3,(H,32,35)/t19?,24-,27-,28-,29+,30-,31+/m1/s1. The lowest BCUT2D eigenvalue weighted by atomic mass is 9.34. The first-order valence-electron chi connectivity index (χ1n) is 13.8. The van der Waals surface area contributed by atoms with Gasteiger partial charge >= 0.3 is 6.09 Å². The molecule has 0 saturated heterocycles. The van der Waals surface area contributed by atoms with Gasteiger partial charge in [0, 0.05) is 23.8 Å². The summed E-state index contributed by atoms with van der Waals surface area (Å²) in [5.74, 6) is -0.464. The Morgan fingerprint density at radius 2 is 1.69 bits per heavy atom. The van der Waals surface area contributed by atoms with Gasteiger partial charge in [-0.15, -0.1) is 0 Å². The molecule has 0 aliphatic heterocycles. The van der Waals surface area contributed by atoms with E-state index in [1.807, 2.05) is 6.92 Å². The van der Waals surface area contributed by atoms with E-state index in [-0.39, 0.29) is 50.7 Å². The molecular weight excluding hydrogens is 450 g/mol. The highest BCUT2D eigenvalue weighted by Crippen LogP contribution is 2.75. The Hall–Kier alpha value is -2.17. The molecule has 5 aliphatic rings. The van der Waals surface area contributed by atoms with Crippen LogP contribution in [0.4, 0.5) is 4.79 Å². The number of ketones is 2. The van der Waals surface area contributed by atoms with Gasteiger partial charge in [-0.05, 0) is 84.3 Å². The first-order valence-corrected chi connectivity index (χ1v) is 13.8. The van der Waals surface area contributed by atoms with Crippen LogP contribution >= 0.6 is 0 Å². The minimum Gasteiger partial charge on any atom is -0.449 e.